The maximum Gasteiger partial charge on any atom is 0.348 e. The quantitative estimate of drug-likeness (QED) is 0.340. The first-order valence-electron chi connectivity index (χ1n) is 12.6. The lowest BCUT2D eigenvalue weighted by Crippen LogP contribution is -3.00. The number of benzene rings is 3. The summed E-state index contributed by atoms with van der Waals surface area (Å²) in [5.41, 5.74) is 0.388. The van der Waals surface area contributed by atoms with E-state index in [0.29, 0.717) is 23.7 Å². The molecular formula is C30H34BrNO4. The number of esters is 1. The molecule has 1 N–H and O–H groups in total. The summed E-state index contributed by atoms with van der Waals surface area (Å²) in [6.45, 7) is 6.51. The van der Waals surface area contributed by atoms with Gasteiger partial charge < -0.3 is 36.0 Å². The van der Waals surface area contributed by atoms with Crippen molar-refractivity contribution in [3.8, 4) is 5.75 Å². The van der Waals surface area contributed by atoms with Crippen LogP contribution < -0.4 is 21.7 Å². The number of fused-ring (bicyclic) bond motifs is 3. The van der Waals surface area contributed by atoms with E-state index < -0.39 is 11.6 Å². The Kier molecular flexibility index (Phi) is 8.18. The summed E-state index contributed by atoms with van der Waals surface area (Å²) in [5, 5.41) is 11.8. The van der Waals surface area contributed by atoms with Crippen LogP contribution in [0.4, 0.5) is 0 Å². The zero-order valence-electron chi connectivity index (χ0n) is 20.7. The van der Waals surface area contributed by atoms with Crippen molar-refractivity contribution in [2.24, 2.45) is 5.92 Å². The molecule has 0 saturated carbocycles. The molecule has 3 aromatic rings. The molecular weight excluding hydrogens is 518 g/mol. The van der Waals surface area contributed by atoms with Gasteiger partial charge in [-0.15, -0.1) is 0 Å². The predicted molar refractivity (Wildman–Crippen MR) is 135 cm³/mol. The van der Waals surface area contributed by atoms with Gasteiger partial charge in [-0.2, -0.15) is 0 Å². The lowest BCUT2D eigenvalue weighted by Gasteiger charge is -2.52. The minimum Gasteiger partial charge on any atom is -1.00 e. The number of piperidine rings is 3. The number of carbonyl (C=O) groups is 1. The van der Waals surface area contributed by atoms with Gasteiger partial charge in [0, 0.05) is 18.8 Å². The fourth-order valence-electron chi connectivity index (χ4n) is 5.72. The molecule has 2 bridgehead atoms. The molecule has 0 radical (unpaired) electrons. The van der Waals surface area contributed by atoms with Crippen LogP contribution in [0.1, 0.15) is 29.5 Å². The average Bonchev–Trinajstić information content (AvgIpc) is 2.90. The van der Waals surface area contributed by atoms with Crippen molar-refractivity contribution < 1.29 is 40.8 Å². The van der Waals surface area contributed by atoms with Crippen molar-refractivity contribution in [2.45, 2.75) is 31.5 Å². The summed E-state index contributed by atoms with van der Waals surface area (Å²) in [6, 6.07) is 26.3. The van der Waals surface area contributed by atoms with Crippen LogP contribution in [0.5, 0.6) is 5.75 Å². The monoisotopic (exact) mass is 551 g/mol. The van der Waals surface area contributed by atoms with Crippen molar-refractivity contribution in [1.29, 1.82) is 0 Å². The van der Waals surface area contributed by atoms with Crippen LogP contribution >= 0.6 is 0 Å². The highest BCUT2D eigenvalue weighted by Gasteiger charge is 2.50. The molecule has 0 spiro atoms. The maximum absolute atomic E-state index is 13.6. The third-order valence-corrected chi connectivity index (χ3v) is 7.80. The third kappa shape index (κ3) is 5.36. The van der Waals surface area contributed by atoms with E-state index in [4.69, 9.17) is 9.47 Å². The van der Waals surface area contributed by atoms with Crippen LogP contribution in [0, 0.1) is 12.8 Å². The predicted octanol–water partition coefficient (Wildman–Crippen LogP) is 1.47. The molecule has 0 aromatic heterocycles. The van der Waals surface area contributed by atoms with Crippen LogP contribution in [-0.4, -0.2) is 54.4 Å². The summed E-state index contributed by atoms with van der Waals surface area (Å²) >= 11 is 0. The van der Waals surface area contributed by atoms with Gasteiger partial charge in [-0.1, -0.05) is 72.8 Å². The first-order valence-corrected chi connectivity index (χ1v) is 12.6. The third-order valence-electron chi connectivity index (χ3n) is 7.80. The Bertz CT molecular complexity index is 1110. The number of rotatable bonds is 8. The van der Waals surface area contributed by atoms with Crippen molar-refractivity contribution in [2.75, 3.05) is 32.8 Å². The smallest absolute Gasteiger partial charge is 0.348 e. The number of halogens is 1. The molecule has 5 nitrogen and oxygen atoms in total. The van der Waals surface area contributed by atoms with Gasteiger partial charge >= 0.3 is 5.97 Å². The molecule has 190 valence electrons. The largest absolute Gasteiger partial charge is 1.00 e. The van der Waals surface area contributed by atoms with Gasteiger partial charge in [0.25, 0.3) is 0 Å². The van der Waals surface area contributed by atoms with Crippen molar-refractivity contribution in [1.82, 2.24) is 0 Å². The van der Waals surface area contributed by atoms with E-state index >= 15 is 0 Å². The van der Waals surface area contributed by atoms with Crippen LogP contribution in [0.15, 0.2) is 84.9 Å². The highest BCUT2D eigenvalue weighted by Crippen LogP contribution is 2.38. The molecule has 1 unspecified atom stereocenters. The lowest BCUT2D eigenvalue weighted by molar-refractivity contribution is -0.946. The van der Waals surface area contributed by atoms with Gasteiger partial charge in [-0.25, -0.2) is 4.79 Å². The number of aliphatic hydroxyl groups is 1. The molecule has 3 saturated heterocycles. The highest BCUT2D eigenvalue weighted by molar-refractivity contribution is 5.85. The van der Waals surface area contributed by atoms with Gasteiger partial charge in [0.1, 0.15) is 25.4 Å². The van der Waals surface area contributed by atoms with Crippen LogP contribution in [-0.2, 0) is 15.1 Å². The molecule has 0 amide bonds. The Balaban J connectivity index is 0.00000304. The van der Waals surface area contributed by atoms with Crippen LogP contribution in [0.2, 0.25) is 0 Å². The number of ether oxygens (including phenoxy) is 2. The molecule has 1 atom stereocenters. The van der Waals surface area contributed by atoms with Crippen molar-refractivity contribution >= 4 is 5.97 Å². The number of nitrogens with zero attached hydrogens (tertiary/aromatic N) is 1. The minimum atomic E-state index is -1.84. The van der Waals surface area contributed by atoms with Gasteiger partial charge in [0.2, 0.25) is 5.60 Å². The van der Waals surface area contributed by atoms with Crippen LogP contribution in [0.3, 0.4) is 0 Å². The number of quaternary nitrogens is 1. The topological polar surface area (TPSA) is 55.8 Å². The lowest BCUT2D eigenvalue weighted by atomic mass is 9.82. The molecule has 6 heteroatoms. The SMILES string of the molecule is Cc1cccc(OCC[N+]23CCC(CC2)C(OC(=O)C(O)(c2ccccc2)c2ccccc2)C3)c1.[Br-]. The minimum absolute atomic E-state index is 0. The highest BCUT2D eigenvalue weighted by atomic mass is 79.9. The van der Waals surface area contributed by atoms with Gasteiger partial charge in [0.05, 0.1) is 13.1 Å². The normalized spacial score (nSPS) is 22.9. The molecule has 3 aromatic carbocycles. The van der Waals surface area contributed by atoms with E-state index in [9.17, 15) is 9.90 Å². The molecule has 3 fully saturated rings. The molecule has 3 aliphatic heterocycles. The van der Waals surface area contributed by atoms with E-state index in [1.807, 2.05) is 48.5 Å². The second-order valence-electron chi connectivity index (χ2n) is 10.1. The first-order chi connectivity index (χ1) is 17.0. The van der Waals surface area contributed by atoms with Gasteiger partial charge in [0.15, 0.2) is 6.10 Å². The van der Waals surface area contributed by atoms with Crippen LogP contribution in [0.25, 0.3) is 0 Å². The zero-order chi connectivity index (χ0) is 24.3. The fourth-order valence-corrected chi connectivity index (χ4v) is 5.72. The summed E-state index contributed by atoms with van der Waals surface area (Å²) in [5.74, 6) is 0.643. The van der Waals surface area contributed by atoms with Gasteiger partial charge in [-0.05, 0) is 35.7 Å². The van der Waals surface area contributed by atoms with E-state index in [2.05, 4.69) is 19.1 Å². The Labute approximate surface area is 224 Å². The maximum atomic E-state index is 13.6. The molecule has 6 rings (SSSR count). The Hall–Kier alpha value is -2.67. The average molecular weight is 553 g/mol. The summed E-state index contributed by atoms with van der Waals surface area (Å²) in [4.78, 5) is 13.6. The van der Waals surface area contributed by atoms with Crippen molar-refractivity contribution in [3.63, 3.8) is 0 Å². The van der Waals surface area contributed by atoms with Gasteiger partial charge in [-0.3, -0.25) is 0 Å². The second-order valence-corrected chi connectivity index (χ2v) is 10.1. The Morgan fingerprint density at radius 2 is 1.56 bits per heavy atom. The molecule has 36 heavy (non-hydrogen) atoms. The number of aryl methyl sites for hydroxylation is 1. The van der Waals surface area contributed by atoms with E-state index in [-0.39, 0.29) is 23.1 Å². The molecule has 3 heterocycles. The fraction of sp³-hybridized carbons (Fsp3) is 0.367. The van der Waals surface area contributed by atoms with E-state index in [1.54, 1.807) is 24.3 Å². The summed E-state index contributed by atoms with van der Waals surface area (Å²) in [6.07, 6.45) is 1.84. The van der Waals surface area contributed by atoms with E-state index in [0.717, 1.165) is 49.3 Å². The molecule has 3 aliphatic rings. The Morgan fingerprint density at radius 1 is 0.944 bits per heavy atom. The second kappa shape index (κ2) is 11.2. The number of hydrogen-bond acceptors (Lipinski definition) is 4. The number of hydrogen-bond donors (Lipinski definition) is 1. The van der Waals surface area contributed by atoms with Crippen molar-refractivity contribution in [3.05, 3.63) is 102 Å². The molecule has 0 aliphatic carbocycles. The standard InChI is InChI=1S/C30H34NO4.BrH/c1-23-9-8-14-27(21-23)34-20-19-31-17-15-24(16-18-31)28(22-31)35-29(32)30(33,25-10-4-2-5-11-25)26-12-6-3-7-13-26;/h2-14,21,24,28,33H,15-20,22H2,1H3;1H/q+1;/p-1. The summed E-state index contributed by atoms with van der Waals surface area (Å²) in [7, 11) is 0. The zero-order valence-corrected chi connectivity index (χ0v) is 22.3. The Morgan fingerprint density at radius 3 is 2.14 bits per heavy atom. The summed E-state index contributed by atoms with van der Waals surface area (Å²) < 4.78 is 13.1. The first kappa shape index (κ1) is 26.4. The number of carbonyl (C=O) groups excluding carboxylic acids is 1. The van der Waals surface area contributed by atoms with E-state index in [1.165, 1.54) is 5.56 Å².